The number of para-hydroxylation sites is 1. The molecule has 3 atom stereocenters. The lowest BCUT2D eigenvalue weighted by atomic mass is 9.63. The van der Waals surface area contributed by atoms with Crippen LogP contribution in [0.3, 0.4) is 0 Å². The topological polar surface area (TPSA) is 28.7 Å². The fourth-order valence-electron chi connectivity index (χ4n) is 8.02. The summed E-state index contributed by atoms with van der Waals surface area (Å²) in [5.41, 5.74) is 14.3. The van der Waals surface area contributed by atoms with Crippen molar-refractivity contribution in [3.63, 3.8) is 0 Å². The van der Waals surface area contributed by atoms with Crippen molar-refractivity contribution < 1.29 is 0 Å². The number of aryl methyl sites for hydroxylation is 1. The third-order valence-electron chi connectivity index (χ3n) is 9.91. The first-order valence-electron chi connectivity index (χ1n) is 15.3. The second-order valence-corrected chi connectivity index (χ2v) is 12.4. The SMILES string of the molecule is Cc1ccc(C2(c3ccc4c(c3)c3c(n4-c4ccccc4)CCC=C3)C3=C(CC(C#N)C=C3)C3=C2CC(C)C=C3)cc1. The van der Waals surface area contributed by atoms with Crippen molar-refractivity contribution in [2.75, 3.05) is 0 Å². The normalized spacial score (nSPS) is 24.1. The Labute approximate surface area is 248 Å². The van der Waals surface area contributed by atoms with Gasteiger partial charge in [0.05, 0.1) is 22.9 Å². The first kappa shape index (κ1) is 25.1. The molecule has 2 heteroatoms. The number of hydrogen-bond donors (Lipinski definition) is 0. The largest absolute Gasteiger partial charge is 0.313 e. The lowest BCUT2D eigenvalue weighted by molar-refractivity contribution is 0.613. The van der Waals surface area contributed by atoms with E-state index in [1.54, 1.807) is 0 Å². The molecule has 8 rings (SSSR count). The van der Waals surface area contributed by atoms with Crippen LogP contribution in [0.4, 0.5) is 0 Å². The molecule has 1 aromatic heterocycles. The van der Waals surface area contributed by atoms with Gasteiger partial charge >= 0.3 is 0 Å². The fraction of sp³-hybridized carbons (Fsp3) is 0.225. The number of rotatable bonds is 3. The molecule has 2 nitrogen and oxygen atoms in total. The second kappa shape index (κ2) is 9.47. The first-order valence-corrected chi connectivity index (χ1v) is 15.3. The highest BCUT2D eigenvalue weighted by Gasteiger charge is 2.49. The number of nitrogens with zero attached hydrogens (tertiary/aromatic N) is 2. The van der Waals surface area contributed by atoms with Crippen LogP contribution in [0.15, 0.2) is 125 Å². The highest BCUT2D eigenvalue weighted by Crippen LogP contribution is 2.59. The molecule has 0 bridgehead atoms. The van der Waals surface area contributed by atoms with Crippen LogP contribution in [0.25, 0.3) is 22.7 Å². The number of aromatic nitrogens is 1. The van der Waals surface area contributed by atoms with Crippen LogP contribution < -0.4 is 0 Å². The van der Waals surface area contributed by atoms with E-state index in [2.05, 4.69) is 134 Å². The van der Waals surface area contributed by atoms with Gasteiger partial charge < -0.3 is 4.57 Å². The maximum atomic E-state index is 9.90. The maximum absolute atomic E-state index is 9.90. The smallest absolute Gasteiger partial charge is 0.0701 e. The summed E-state index contributed by atoms with van der Waals surface area (Å²) < 4.78 is 2.48. The zero-order valence-corrected chi connectivity index (χ0v) is 24.3. The van der Waals surface area contributed by atoms with Crippen LogP contribution in [-0.2, 0) is 11.8 Å². The number of fused-ring (bicyclic) bond motifs is 4. The van der Waals surface area contributed by atoms with E-state index in [1.807, 2.05) is 0 Å². The molecule has 4 aliphatic carbocycles. The van der Waals surface area contributed by atoms with Gasteiger partial charge in [-0.25, -0.2) is 0 Å². The molecule has 0 radical (unpaired) electrons. The Kier molecular flexibility index (Phi) is 5.66. The van der Waals surface area contributed by atoms with E-state index in [4.69, 9.17) is 0 Å². The van der Waals surface area contributed by atoms with Gasteiger partial charge in [-0.05, 0) is 96.2 Å². The summed E-state index contributed by atoms with van der Waals surface area (Å²) in [6.45, 7) is 4.50. The van der Waals surface area contributed by atoms with Gasteiger partial charge in [-0.3, -0.25) is 0 Å². The molecule has 0 N–H and O–H groups in total. The molecule has 1 heterocycles. The minimum absolute atomic E-state index is 0.0846. The van der Waals surface area contributed by atoms with Crippen molar-refractivity contribution in [3.05, 3.63) is 153 Å². The van der Waals surface area contributed by atoms with Gasteiger partial charge in [0, 0.05) is 22.3 Å². The summed E-state index contributed by atoms with van der Waals surface area (Å²) in [5, 5.41) is 11.2. The van der Waals surface area contributed by atoms with E-state index in [0.717, 1.165) is 25.7 Å². The Balaban J connectivity index is 1.45. The minimum atomic E-state index is -0.386. The van der Waals surface area contributed by atoms with Crippen LogP contribution in [-0.4, -0.2) is 4.57 Å². The molecule has 42 heavy (non-hydrogen) atoms. The van der Waals surface area contributed by atoms with Crippen molar-refractivity contribution in [2.24, 2.45) is 11.8 Å². The summed E-state index contributed by atoms with van der Waals surface area (Å²) in [5.74, 6) is 0.378. The van der Waals surface area contributed by atoms with Crippen LogP contribution >= 0.6 is 0 Å². The van der Waals surface area contributed by atoms with Gasteiger partial charge in [-0.15, -0.1) is 0 Å². The van der Waals surface area contributed by atoms with Crippen molar-refractivity contribution in [1.82, 2.24) is 4.57 Å². The molecule has 0 spiro atoms. The van der Waals surface area contributed by atoms with E-state index < -0.39 is 0 Å². The third kappa shape index (κ3) is 3.50. The molecule has 0 fully saturated rings. The molecular weight excluding hydrogens is 508 g/mol. The minimum Gasteiger partial charge on any atom is -0.313 e. The number of hydrogen-bond acceptors (Lipinski definition) is 1. The van der Waals surface area contributed by atoms with Gasteiger partial charge in [0.1, 0.15) is 0 Å². The average molecular weight is 543 g/mol. The highest BCUT2D eigenvalue weighted by atomic mass is 15.0. The van der Waals surface area contributed by atoms with Gasteiger partial charge in [0.2, 0.25) is 0 Å². The monoisotopic (exact) mass is 542 g/mol. The lowest BCUT2D eigenvalue weighted by Crippen LogP contribution is -2.32. The zero-order valence-electron chi connectivity index (χ0n) is 24.3. The zero-order chi connectivity index (χ0) is 28.4. The van der Waals surface area contributed by atoms with Crippen molar-refractivity contribution >= 4 is 17.0 Å². The Morgan fingerprint density at radius 3 is 2.50 bits per heavy atom. The quantitative estimate of drug-likeness (QED) is 0.253. The summed E-state index contributed by atoms with van der Waals surface area (Å²) in [7, 11) is 0. The number of allylic oxidation sites excluding steroid dienone is 9. The lowest BCUT2D eigenvalue weighted by Gasteiger charge is -2.39. The summed E-state index contributed by atoms with van der Waals surface area (Å²) in [6.07, 6.45) is 17.7. The van der Waals surface area contributed by atoms with Crippen molar-refractivity contribution in [1.29, 1.82) is 5.26 Å². The predicted octanol–water partition coefficient (Wildman–Crippen LogP) is 9.49. The predicted molar refractivity (Wildman–Crippen MR) is 172 cm³/mol. The second-order valence-electron chi connectivity index (χ2n) is 12.4. The van der Waals surface area contributed by atoms with E-state index in [1.165, 1.54) is 66.8 Å². The molecular formula is C40H34N2. The van der Waals surface area contributed by atoms with Gasteiger partial charge in [-0.1, -0.05) is 97.5 Å². The number of nitriles is 1. The van der Waals surface area contributed by atoms with Crippen LogP contribution in [0, 0.1) is 30.1 Å². The summed E-state index contributed by atoms with van der Waals surface area (Å²) >= 11 is 0. The molecule has 4 aliphatic rings. The van der Waals surface area contributed by atoms with E-state index in [0.29, 0.717) is 5.92 Å². The fourth-order valence-corrected chi connectivity index (χ4v) is 8.02. The molecule has 3 unspecified atom stereocenters. The van der Waals surface area contributed by atoms with Crippen molar-refractivity contribution in [2.45, 2.75) is 44.9 Å². The first-order chi connectivity index (χ1) is 20.6. The van der Waals surface area contributed by atoms with E-state index in [9.17, 15) is 5.26 Å². The Hall–Kier alpha value is -4.61. The van der Waals surface area contributed by atoms with Crippen LogP contribution in [0.1, 0.15) is 54.1 Å². The molecule has 3 aromatic carbocycles. The van der Waals surface area contributed by atoms with E-state index in [-0.39, 0.29) is 11.3 Å². The molecule has 204 valence electrons. The number of benzene rings is 3. The van der Waals surface area contributed by atoms with Crippen LogP contribution in [0.2, 0.25) is 0 Å². The third-order valence-corrected chi connectivity index (χ3v) is 9.91. The highest BCUT2D eigenvalue weighted by molar-refractivity contribution is 5.94. The standard InChI is InChI=1S/C40H34N2/c1-26-12-16-29(17-13-26)40(36-20-15-28(25-41)23-34(36)32-19-14-27(2)22-37(32)40)30-18-21-39-35(24-30)33-10-6-7-11-38(33)42(39)31-8-4-3-5-9-31/h3-6,8-10,12-21,24,27-28H,7,11,22-23H2,1-2H3. The van der Waals surface area contributed by atoms with Crippen molar-refractivity contribution in [3.8, 4) is 11.8 Å². The molecule has 0 saturated carbocycles. The molecule has 0 amide bonds. The molecule has 4 aromatic rings. The van der Waals surface area contributed by atoms with Gasteiger partial charge in [0.25, 0.3) is 0 Å². The van der Waals surface area contributed by atoms with Gasteiger partial charge in [0.15, 0.2) is 0 Å². The summed E-state index contributed by atoms with van der Waals surface area (Å²) in [4.78, 5) is 0. The Morgan fingerprint density at radius 1 is 0.881 bits per heavy atom. The summed E-state index contributed by atoms with van der Waals surface area (Å²) in [6, 6.07) is 29.8. The average Bonchev–Trinajstić information content (AvgIpc) is 3.51. The van der Waals surface area contributed by atoms with Gasteiger partial charge in [-0.2, -0.15) is 5.26 Å². The maximum Gasteiger partial charge on any atom is 0.0701 e. The molecule has 0 aliphatic heterocycles. The van der Waals surface area contributed by atoms with Crippen LogP contribution in [0.5, 0.6) is 0 Å². The Bertz CT molecular complexity index is 1950. The van der Waals surface area contributed by atoms with E-state index >= 15 is 0 Å². The molecule has 0 saturated heterocycles. The Morgan fingerprint density at radius 2 is 1.69 bits per heavy atom.